The van der Waals surface area contributed by atoms with E-state index in [1.54, 1.807) is 0 Å². The lowest BCUT2D eigenvalue weighted by Gasteiger charge is -2.29. The van der Waals surface area contributed by atoms with E-state index in [4.69, 9.17) is 17.3 Å². The Kier molecular flexibility index (Phi) is 7.41. The summed E-state index contributed by atoms with van der Waals surface area (Å²) in [5.41, 5.74) is 5.28. The summed E-state index contributed by atoms with van der Waals surface area (Å²) in [7, 11) is -4.52. The van der Waals surface area contributed by atoms with Gasteiger partial charge >= 0.3 is 6.18 Å². The van der Waals surface area contributed by atoms with Crippen LogP contribution in [0.2, 0.25) is 4.34 Å². The van der Waals surface area contributed by atoms with Crippen LogP contribution in [0.5, 0.6) is 0 Å². The molecule has 0 radical (unpaired) electrons. The molecule has 0 saturated heterocycles. The highest BCUT2D eigenvalue weighted by atomic mass is 35.5. The van der Waals surface area contributed by atoms with Crippen molar-refractivity contribution in [2.24, 2.45) is 5.73 Å². The summed E-state index contributed by atoms with van der Waals surface area (Å²) < 4.78 is 84.4. The van der Waals surface area contributed by atoms with Crippen molar-refractivity contribution in [3.8, 4) is 11.4 Å². The number of sulfonamides is 1. The van der Waals surface area contributed by atoms with Crippen LogP contribution >= 0.6 is 22.9 Å². The van der Waals surface area contributed by atoms with E-state index in [1.807, 2.05) is 0 Å². The maximum Gasteiger partial charge on any atom is 0.389 e. The number of nitrogens with zero attached hydrogens (tertiary/aromatic N) is 3. The minimum absolute atomic E-state index is 0.0456. The number of halogens is 5. The molecule has 3 aromatic rings. The molecule has 0 aliphatic carbocycles. The Balaban J connectivity index is 2.01. The Morgan fingerprint density at radius 1 is 1.27 bits per heavy atom. The fraction of sp³-hybridized carbons (Fsp3) is 0.278. The first-order valence-electron chi connectivity index (χ1n) is 9.07. The van der Waals surface area contributed by atoms with Crippen molar-refractivity contribution in [1.29, 1.82) is 0 Å². The van der Waals surface area contributed by atoms with Gasteiger partial charge in [0.2, 0.25) is 18.1 Å². The predicted molar refractivity (Wildman–Crippen MR) is 110 cm³/mol. The van der Waals surface area contributed by atoms with Gasteiger partial charge in [0.05, 0.1) is 9.90 Å². The first kappa shape index (κ1) is 25.1. The third-order valence-electron chi connectivity index (χ3n) is 4.46. The lowest BCUT2D eigenvalue weighted by molar-refractivity contribution is -0.140. The average molecular weight is 527 g/mol. The summed E-state index contributed by atoms with van der Waals surface area (Å²) in [5.74, 6) is -2.18. The van der Waals surface area contributed by atoms with Crippen molar-refractivity contribution in [1.82, 2.24) is 14.4 Å². The highest BCUT2D eigenvalue weighted by Gasteiger charge is 2.39. The second-order valence-corrected chi connectivity index (χ2v) is 10.6. The molecule has 178 valence electrons. The predicted octanol–water partition coefficient (Wildman–Crippen LogP) is 3.98. The number of carbonyl (C=O) groups is 1. The molecule has 1 atom stereocenters. The van der Waals surface area contributed by atoms with E-state index in [2.05, 4.69) is 14.7 Å². The van der Waals surface area contributed by atoms with E-state index in [0.717, 1.165) is 18.5 Å². The molecule has 0 unspecified atom stereocenters. The summed E-state index contributed by atoms with van der Waals surface area (Å²) >= 11 is 6.46. The molecule has 8 nitrogen and oxygen atoms in total. The maximum absolute atomic E-state index is 14.6. The number of amides is 1. The lowest BCUT2D eigenvalue weighted by Crippen LogP contribution is -2.47. The fourth-order valence-electron chi connectivity index (χ4n) is 2.95. The molecule has 2 heterocycles. The Bertz CT molecular complexity index is 1230. The largest absolute Gasteiger partial charge is 0.389 e. The third-order valence-corrected chi connectivity index (χ3v) is 8.02. The number of primary amides is 1. The van der Waals surface area contributed by atoms with Crippen LogP contribution in [0.25, 0.3) is 11.4 Å². The van der Waals surface area contributed by atoms with Crippen LogP contribution in [0, 0.1) is 5.82 Å². The zero-order valence-corrected chi connectivity index (χ0v) is 18.8. The van der Waals surface area contributed by atoms with Gasteiger partial charge in [0.1, 0.15) is 16.1 Å². The molecule has 33 heavy (non-hydrogen) atoms. The van der Waals surface area contributed by atoms with E-state index in [9.17, 15) is 30.8 Å². The second-order valence-electron chi connectivity index (χ2n) is 6.75. The molecule has 3 rings (SSSR count). The Morgan fingerprint density at radius 2 is 2.00 bits per heavy atom. The van der Waals surface area contributed by atoms with Gasteiger partial charge < -0.3 is 10.3 Å². The van der Waals surface area contributed by atoms with E-state index in [1.165, 1.54) is 18.2 Å². The highest BCUT2D eigenvalue weighted by molar-refractivity contribution is 7.91. The number of thiophene rings is 1. The smallest absolute Gasteiger partial charge is 0.368 e. The molecule has 0 fully saturated rings. The monoisotopic (exact) mass is 526 g/mol. The van der Waals surface area contributed by atoms with Crippen LogP contribution in [0.3, 0.4) is 0 Å². The summed E-state index contributed by atoms with van der Waals surface area (Å²) in [4.78, 5) is 15.7. The van der Waals surface area contributed by atoms with Gasteiger partial charge in [-0.05, 0) is 36.2 Å². The normalized spacial score (nSPS) is 13.4. The lowest BCUT2D eigenvalue weighted by atomic mass is 10.1. The maximum atomic E-state index is 14.6. The van der Waals surface area contributed by atoms with Crippen LogP contribution in [-0.4, -0.2) is 41.0 Å². The van der Waals surface area contributed by atoms with Crippen molar-refractivity contribution < 1.29 is 35.3 Å². The summed E-state index contributed by atoms with van der Waals surface area (Å²) in [6, 6.07) is 4.11. The molecular formula is C18H15ClF4N4O4S2. The standard InChI is InChI=1S/C18H15ClF4N4O4S2/c19-14-3-4-15(32-14)33(29,30)27(13(16(24)28)5-6-18(21,22)23)8-10-1-2-11(12(20)7-10)17-25-9-31-26-17/h1-4,7,9,13H,5-6,8H2,(H2,24,28)/t13-/m1/s1. The van der Waals surface area contributed by atoms with Crippen molar-refractivity contribution in [2.45, 2.75) is 35.8 Å². The molecule has 1 amide bonds. The van der Waals surface area contributed by atoms with E-state index >= 15 is 0 Å². The van der Waals surface area contributed by atoms with Gasteiger partial charge in [-0.2, -0.15) is 22.5 Å². The summed E-state index contributed by atoms with van der Waals surface area (Å²) in [5, 5.41) is 3.51. The molecule has 0 aliphatic heterocycles. The van der Waals surface area contributed by atoms with Gasteiger partial charge in [-0.25, -0.2) is 12.8 Å². The first-order chi connectivity index (χ1) is 15.4. The number of hydrogen-bond acceptors (Lipinski definition) is 7. The van der Waals surface area contributed by atoms with Gasteiger partial charge in [-0.1, -0.05) is 22.8 Å². The molecule has 0 aliphatic rings. The number of alkyl halides is 3. The van der Waals surface area contributed by atoms with Crippen LogP contribution in [0.4, 0.5) is 17.6 Å². The average Bonchev–Trinajstić information content (AvgIpc) is 3.38. The zero-order valence-electron chi connectivity index (χ0n) is 16.4. The third kappa shape index (κ3) is 6.07. The molecule has 0 bridgehead atoms. The quantitative estimate of drug-likeness (QED) is 0.421. The van der Waals surface area contributed by atoms with Crippen LogP contribution < -0.4 is 5.73 Å². The molecule has 2 aromatic heterocycles. The Morgan fingerprint density at radius 3 is 2.52 bits per heavy atom. The van der Waals surface area contributed by atoms with Crippen molar-refractivity contribution in [3.05, 3.63) is 52.4 Å². The van der Waals surface area contributed by atoms with Gasteiger partial charge in [0, 0.05) is 13.0 Å². The van der Waals surface area contributed by atoms with Crippen molar-refractivity contribution in [2.75, 3.05) is 0 Å². The number of aromatic nitrogens is 2. The summed E-state index contributed by atoms with van der Waals surface area (Å²) in [6.45, 7) is -0.632. The van der Waals surface area contributed by atoms with E-state index in [0.29, 0.717) is 15.6 Å². The molecule has 0 saturated carbocycles. The second kappa shape index (κ2) is 9.75. The Labute approximate surface area is 194 Å². The number of carbonyl (C=O) groups excluding carboxylic acids is 1. The first-order valence-corrected chi connectivity index (χ1v) is 11.7. The summed E-state index contributed by atoms with van der Waals surface area (Å²) in [6.07, 6.45) is -6.04. The zero-order chi connectivity index (χ0) is 24.4. The molecule has 2 N–H and O–H groups in total. The number of nitrogens with two attached hydrogens (primary N) is 1. The minimum atomic E-state index is -4.66. The van der Waals surface area contributed by atoms with Crippen LogP contribution in [0.15, 0.2) is 45.5 Å². The number of benzene rings is 1. The van der Waals surface area contributed by atoms with E-state index in [-0.39, 0.29) is 25.5 Å². The molecular weight excluding hydrogens is 512 g/mol. The number of hydrogen-bond donors (Lipinski definition) is 1. The molecule has 1 aromatic carbocycles. The number of rotatable bonds is 9. The fourth-order valence-corrected chi connectivity index (χ4v) is 6.18. The van der Waals surface area contributed by atoms with Crippen molar-refractivity contribution in [3.63, 3.8) is 0 Å². The molecule has 15 heteroatoms. The van der Waals surface area contributed by atoms with Gasteiger partial charge in [-0.15, -0.1) is 11.3 Å². The van der Waals surface area contributed by atoms with Gasteiger partial charge in [-0.3, -0.25) is 4.79 Å². The highest BCUT2D eigenvalue weighted by Crippen LogP contribution is 2.33. The molecule has 0 spiro atoms. The topological polar surface area (TPSA) is 119 Å². The van der Waals surface area contributed by atoms with Crippen LogP contribution in [0.1, 0.15) is 18.4 Å². The van der Waals surface area contributed by atoms with Gasteiger partial charge in [0.25, 0.3) is 10.0 Å². The SMILES string of the molecule is NC(=O)[C@@H](CCC(F)(F)F)N(Cc1ccc(-c2ncon2)c(F)c1)S(=O)(=O)c1ccc(Cl)s1. The van der Waals surface area contributed by atoms with Crippen molar-refractivity contribution >= 4 is 38.9 Å². The minimum Gasteiger partial charge on any atom is -0.368 e. The van der Waals surface area contributed by atoms with Crippen LogP contribution in [-0.2, 0) is 21.4 Å². The van der Waals surface area contributed by atoms with E-state index < -0.39 is 53.4 Å². The Hall–Kier alpha value is -2.55. The van der Waals surface area contributed by atoms with Gasteiger partial charge in [0.15, 0.2) is 0 Å².